The molecule has 0 unspecified atom stereocenters. The molecule has 168 valence electrons. The third-order valence-electron chi connectivity index (χ3n) is 6.62. The Balaban J connectivity index is 1.40. The Hall–Kier alpha value is -3.87. The normalized spacial score (nSPS) is 19.4. The van der Waals surface area contributed by atoms with Crippen LogP contribution in [0.5, 0.6) is 5.75 Å². The number of Topliss-reactive ketones (excluding diaryl/α,β-unsaturated/α-hetero) is 1. The van der Waals surface area contributed by atoms with Crippen LogP contribution >= 0.6 is 0 Å². The number of urea groups is 1. The summed E-state index contributed by atoms with van der Waals surface area (Å²) in [5.74, 6) is -0.0898. The summed E-state index contributed by atoms with van der Waals surface area (Å²) in [6.07, 6.45) is 0.324. The first kappa shape index (κ1) is 21.0. The van der Waals surface area contributed by atoms with E-state index in [9.17, 15) is 14.4 Å². The van der Waals surface area contributed by atoms with E-state index in [1.807, 2.05) is 62.4 Å². The van der Waals surface area contributed by atoms with Gasteiger partial charge in [0.2, 0.25) is 0 Å². The molecule has 3 amide bonds. The van der Waals surface area contributed by atoms with Crippen LogP contribution in [0.25, 0.3) is 0 Å². The molecule has 7 heteroatoms. The van der Waals surface area contributed by atoms with Gasteiger partial charge in [0.1, 0.15) is 5.75 Å². The number of amides is 3. The van der Waals surface area contributed by atoms with Crippen molar-refractivity contribution in [3.05, 3.63) is 88.7 Å². The minimum Gasteiger partial charge on any atom is -0.493 e. The molecule has 33 heavy (non-hydrogen) atoms. The topological polar surface area (TPSA) is 80.6 Å². The van der Waals surface area contributed by atoms with Gasteiger partial charge >= 0.3 is 6.03 Å². The molecule has 2 aliphatic rings. The molecule has 7 nitrogen and oxygen atoms in total. The van der Waals surface area contributed by atoms with Crippen LogP contribution in [-0.2, 0) is 16.9 Å². The van der Waals surface area contributed by atoms with Gasteiger partial charge in [-0.25, -0.2) is 4.79 Å². The Bertz CT molecular complexity index is 1260. The number of aryl methyl sites for hydroxylation is 1. The Morgan fingerprint density at radius 3 is 2.58 bits per heavy atom. The van der Waals surface area contributed by atoms with E-state index < -0.39 is 17.5 Å². The maximum Gasteiger partial charge on any atom is 0.325 e. The number of para-hydroxylation sites is 1. The number of fused-ring (bicyclic) bond motifs is 2. The maximum absolute atomic E-state index is 13.5. The van der Waals surface area contributed by atoms with Crippen LogP contribution in [0.1, 0.15) is 39.3 Å². The smallest absolute Gasteiger partial charge is 0.325 e. The van der Waals surface area contributed by atoms with Crippen molar-refractivity contribution in [1.82, 2.24) is 14.8 Å². The number of carbonyl (C=O) groups is 3. The molecular formula is C26H25N3O4. The van der Waals surface area contributed by atoms with E-state index in [0.29, 0.717) is 36.4 Å². The fourth-order valence-corrected chi connectivity index (χ4v) is 4.84. The van der Waals surface area contributed by atoms with Crippen molar-refractivity contribution in [3.63, 3.8) is 0 Å². The SMILES string of the molecule is Cc1cc(C(=O)CN2C(=O)N[C@]3(CCOc4ccccc43)C2=O)c(C)n1Cc1ccccc1. The number of ether oxygens (including phenoxy) is 1. The summed E-state index contributed by atoms with van der Waals surface area (Å²) in [4.78, 5) is 40.5. The number of aromatic nitrogens is 1. The minimum atomic E-state index is -1.18. The molecule has 3 heterocycles. The highest BCUT2D eigenvalue weighted by molar-refractivity contribution is 6.12. The van der Waals surface area contributed by atoms with Crippen molar-refractivity contribution in [2.45, 2.75) is 32.4 Å². The number of hydrogen-bond donors (Lipinski definition) is 1. The lowest BCUT2D eigenvalue weighted by atomic mass is 9.84. The standard InChI is InChI=1S/C26H25N3O4/c1-17-14-20(18(2)28(17)15-19-8-4-3-5-9-19)22(30)16-29-24(31)26(27-25(29)32)12-13-33-23-11-7-6-10-21(23)26/h3-11,14H,12-13,15-16H2,1-2H3,(H,27,32)/t26-/m0/s1. The van der Waals surface area contributed by atoms with Gasteiger partial charge in [-0.1, -0.05) is 48.5 Å². The van der Waals surface area contributed by atoms with Gasteiger partial charge in [0.25, 0.3) is 5.91 Å². The van der Waals surface area contributed by atoms with Gasteiger partial charge in [-0.3, -0.25) is 14.5 Å². The highest BCUT2D eigenvalue weighted by Gasteiger charge is 2.55. The predicted octanol–water partition coefficient (Wildman–Crippen LogP) is 3.57. The zero-order valence-corrected chi connectivity index (χ0v) is 18.6. The number of nitrogens with one attached hydrogen (secondary N) is 1. The molecule has 2 aromatic carbocycles. The van der Waals surface area contributed by atoms with Crippen molar-refractivity contribution in [2.75, 3.05) is 13.2 Å². The van der Waals surface area contributed by atoms with Gasteiger partial charge in [0.05, 0.1) is 13.2 Å². The second-order valence-electron chi connectivity index (χ2n) is 8.60. The molecule has 0 saturated carbocycles. The first-order valence-electron chi connectivity index (χ1n) is 11.0. The minimum absolute atomic E-state index is 0.261. The summed E-state index contributed by atoms with van der Waals surface area (Å²) >= 11 is 0. The highest BCUT2D eigenvalue weighted by Crippen LogP contribution is 2.41. The third-order valence-corrected chi connectivity index (χ3v) is 6.62. The van der Waals surface area contributed by atoms with Crippen LogP contribution in [0, 0.1) is 13.8 Å². The molecule has 1 N–H and O–H groups in total. The van der Waals surface area contributed by atoms with Gasteiger partial charge in [-0.2, -0.15) is 0 Å². The molecule has 1 saturated heterocycles. The second-order valence-corrected chi connectivity index (χ2v) is 8.60. The van der Waals surface area contributed by atoms with E-state index in [2.05, 4.69) is 9.88 Å². The van der Waals surface area contributed by atoms with E-state index in [0.717, 1.165) is 21.9 Å². The number of imide groups is 1. The van der Waals surface area contributed by atoms with Crippen LogP contribution in [-0.4, -0.2) is 40.3 Å². The molecular weight excluding hydrogens is 418 g/mol. The number of carbonyl (C=O) groups excluding carboxylic acids is 3. The average Bonchev–Trinajstić information content (AvgIpc) is 3.23. The van der Waals surface area contributed by atoms with E-state index in [4.69, 9.17) is 4.74 Å². The molecule has 0 radical (unpaired) electrons. The maximum atomic E-state index is 13.5. The first-order chi connectivity index (χ1) is 15.9. The monoisotopic (exact) mass is 443 g/mol. The highest BCUT2D eigenvalue weighted by atomic mass is 16.5. The Kier molecular flexibility index (Phi) is 5.04. The van der Waals surface area contributed by atoms with E-state index >= 15 is 0 Å². The lowest BCUT2D eigenvalue weighted by Gasteiger charge is -2.33. The summed E-state index contributed by atoms with van der Waals surface area (Å²) in [6.45, 7) is 4.50. The number of benzene rings is 2. The number of ketones is 1. The predicted molar refractivity (Wildman–Crippen MR) is 122 cm³/mol. The molecule has 1 spiro atoms. The molecule has 0 bridgehead atoms. The second kappa shape index (κ2) is 7.92. The van der Waals surface area contributed by atoms with E-state index in [-0.39, 0.29) is 12.3 Å². The van der Waals surface area contributed by atoms with Gasteiger partial charge < -0.3 is 14.6 Å². The fraction of sp³-hybridized carbons (Fsp3) is 0.269. The molecule has 5 rings (SSSR count). The molecule has 1 aromatic heterocycles. The largest absolute Gasteiger partial charge is 0.493 e. The zero-order chi connectivity index (χ0) is 23.2. The Morgan fingerprint density at radius 1 is 1.06 bits per heavy atom. The summed E-state index contributed by atoms with van der Waals surface area (Å²) in [7, 11) is 0. The molecule has 1 atom stereocenters. The van der Waals surface area contributed by atoms with E-state index in [1.165, 1.54) is 0 Å². The van der Waals surface area contributed by atoms with Gasteiger partial charge in [0.15, 0.2) is 11.3 Å². The van der Waals surface area contributed by atoms with Crippen LogP contribution in [0.2, 0.25) is 0 Å². The number of rotatable bonds is 5. The van der Waals surface area contributed by atoms with Crippen molar-refractivity contribution < 1.29 is 19.1 Å². The first-order valence-corrected chi connectivity index (χ1v) is 11.0. The number of nitrogens with zero attached hydrogens (tertiary/aromatic N) is 2. The Labute approximate surface area is 192 Å². The van der Waals surface area contributed by atoms with Crippen molar-refractivity contribution >= 4 is 17.7 Å². The third kappa shape index (κ3) is 3.40. The van der Waals surface area contributed by atoms with Crippen LogP contribution in [0.15, 0.2) is 60.7 Å². The van der Waals surface area contributed by atoms with E-state index in [1.54, 1.807) is 12.1 Å². The summed E-state index contributed by atoms with van der Waals surface area (Å²) < 4.78 is 7.74. The molecule has 1 fully saturated rings. The zero-order valence-electron chi connectivity index (χ0n) is 18.6. The summed E-state index contributed by atoms with van der Waals surface area (Å²) in [5.41, 5.74) is 2.87. The lowest BCUT2D eigenvalue weighted by molar-refractivity contribution is -0.132. The summed E-state index contributed by atoms with van der Waals surface area (Å²) in [5, 5.41) is 2.85. The quantitative estimate of drug-likeness (QED) is 0.483. The van der Waals surface area contributed by atoms with Crippen LogP contribution in [0.4, 0.5) is 4.79 Å². The van der Waals surface area contributed by atoms with Crippen LogP contribution < -0.4 is 10.1 Å². The fourth-order valence-electron chi connectivity index (χ4n) is 4.84. The number of hydrogen-bond acceptors (Lipinski definition) is 4. The molecule has 0 aliphatic carbocycles. The average molecular weight is 444 g/mol. The van der Waals surface area contributed by atoms with Gasteiger partial charge in [-0.15, -0.1) is 0 Å². The summed E-state index contributed by atoms with van der Waals surface area (Å²) in [6, 6.07) is 18.5. The molecule has 3 aromatic rings. The van der Waals surface area contributed by atoms with Crippen molar-refractivity contribution in [2.24, 2.45) is 0 Å². The van der Waals surface area contributed by atoms with Crippen molar-refractivity contribution in [3.8, 4) is 5.75 Å². The van der Waals surface area contributed by atoms with Gasteiger partial charge in [0, 0.05) is 35.5 Å². The lowest BCUT2D eigenvalue weighted by Crippen LogP contribution is -2.47. The van der Waals surface area contributed by atoms with Crippen molar-refractivity contribution in [1.29, 1.82) is 0 Å². The van der Waals surface area contributed by atoms with Gasteiger partial charge in [-0.05, 0) is 31.5 Å². The molecule has 2 aliphatic heterocycles. The van der Waals surface area contributed by atoms with Crippen LogP contribution in [0.3, 0.4) is 0 Å². The Morgan fingerprint density at radius 2 is 1.79 bits per heavy atom.